The molecule has 4 N–H and O–H groups in total. The molecule has 0 aliphatic heterocycles. The van der Waals surface area contributed by atoms with E-state index in [2.05, 4.69) is 0 Å². The fourth-order valence-corrected chi connectivity index (χ4v) is 3.23. The van der Waals surface area contributed by atoms with Gasteiger partial charge in [0, 0.05) is 29.2 Å². The van der Waals surface area contributed by atoms with Crippen LogP contribution in [0.5, 0.6) is 0 Å². The highest BCUT2D eigenvalue weighted by Gasteiger charge is 2.17. The normalized spacial score (nSPS) is 10.8. The summed E-state index contributed by atoms with van der Waals surface area (Å²) in [6, 6.07) is 7.52. The van der Waals surface area contributed by atoms with Gasteiger partial charge in [-0.05, 0) is 23.6 Å². The lowest BCUT2D eigenvalue weighted by Crippen LogP contribution is -2.30. The summed E-state index contributed by atoms with van der Waals surface area (Å²) in [5.41, 5.74) is 8.20. The Morgan fingerprint density at radius 1 is 1.20 bits per heavy atom. The van der Waals surface area contributed by atoms with E-state index >= 15 is 0 Å². The molecule has 0 aliphatic rings. The van der Waals surface area contributed by atoms with Gasteiger partial charge >= 0.3 is 0 Å². The monoisotopic (exact) mass is 312 g/mol. The molecule has 1 aromatic carbocycles. The molecule has 108 valence electrons. The average Bonchev–Trinajstić information content (AvgIpc) is 2.91. The highest BCUT2D eigenvalue weighted by molar-refractivity contribution is 7.13. The van der Waals surface area contributed by atoms with Crippen LogP contribution in [-0.2, 0) is 0 Å². The van der Waals surface area contributed by atoms with E-state index in [9.17, 15) is 10.2 Å². The van der Waals surface area contributed by atoms with Crippen molar-refractivity contribution in [3.8, 4) is 10.4 Å². The Labute approximate surface area is 127 Å². The topological polar surface area (TPSA) is 69.7 Å². The predicted octanol–water partition coefficient (Wildman–Crippen LogP) is 2.44. The number of aliphatic hydroxyl groups excluding tert-OH is 2. The number of nitrogen functional groups attached to an aromatic ring is 1. The second-order valence-electron chi connectivity index (χ2n) is 4.31. The van der Waals surface area contributed by atoms with E-state index in [0.717, 1.165) is 16.1 Å². The van der Waals surface area contributed by atoms with Crippen LogP contribution in [0.2, 0.25) is 5.02 Å². The summed E-state index contributed by atoms with van der Waals surface area (Å²) in [5.74, 6) is 0. The van der Waals surface area contributed by atoms with Crippen molar-refractivity contribution in [2.24, 2.45) is 0 Å². The van der Waals surface area contributed by atoms with Crippen LogP contribution >= 0.6 is 22.9 Å². The van der Waals surface area contributed by atoms with Crippen molar-refractivity contribution in [1.82, 2.24) is 0 Å². The van der Waals surface area contributed by atoms with Crippen molar-refractivity contribution < 1.29 is 10.2 Å². The SMILES string of the molecule is Nc1cc(Cl)c(N(CCO)CCO)c(-c2cccs2)c1. The van der Waals surface area contributed by atoms with E-state index in [1.165, 1.54) is 0 Å². The Balaban J connectivity index is 2.54. The maximum absolute atomic E-state index is 9.20. The highest BCUT2D eigenvalue weighted by atomic mass is 35.5. The number of hydrogen-bond donors (Lipinski definition) is 3. The molecule has 0 spiro atoms. The Bertz CT molecular complexity index is 555. The van der Waals surface area contributed by atoms with Gasteiger partial charge in [0.2, 0.25) is 0 Å². The fraction of sp³-hybridized carbons (Fsp3) is 0.286. The molecule has 0 fully saturated rings. The van der Waals surface area contributed by atoms with E-state index in [4.69, 9.17) is 17.3 Å². The van der Waals surface area contributed by atoms with Gasteiger partial charge in [0.05, 0.1) is 23.9 Å². The number of thiophene rings is 1. The standard InChI is InChI=1S/C14H17ClN2O2S/c15-12-9-10(16)8-11(13-2-1-7-20-13)14(12)17(3-5-18)4-6-19/h1-2,7-9,18-19H,3-6,16H2. The molecule has 0 bridgehead atoms. The smallest absolute Gasteiger partial charge is 0.0666 e. The van der Waals surface area contributed by atoms with Crippen LogP contribution in [0.25, 0.3) is 10.4 Å². The lowest BCUT2D eigenvalue weighted by atomic mass is 10.1. The molecule has 0 saturated heterocycles. The molecule has 0 atom stereocenters. The number of rotatable bonds is 6. The van der Waals surface area contributed by atoms with E-state index in [1.54, 1.807) is 17.4 Å². The maximum atomic E-state index is 9.20. The van der Waals surface area contributed by atoms with Crippen LogP contribution < -0.4 is 10.6 Å². The lowest BCUT2D eigenvalue weighted by Gasteiger charge is -2.27. The van der Waals surface area contributed by atoms with Gasteiger partial charge in [-0.2, -0.15) is 0 Å². The molecule has 4 nitrogen and oxygen atoms in total. The number of hydrogen-bond acceptors (Lipinski definition) is 5. The first-order chi connectivity index (χ1) is 9.67. The summed E-state index contributed by atoms with van der Waals surface area (Å²) in [5, 5.41) is 20.9. The number of aliphatic hydroxyl groups is 2. The molecule has 0 aliphatic carbocycles. The number of anilines is 2. The number of nitrogens with two attached hydrogens (primary N) is 1. The van der Waals surface area contributed by atoms with Gasteiger partial charge < -0.3 is 20.8 Å². The third-order valence-electron chi connectivity index (χ3n) is 2.93. The zero-order valence-corrected chi connectivity index (χ0v) is 12.5. The van der Waals surface area contributed by atoms with Crippen molar-refractivity contribution in [1.29, 1.82) is 0 Å². The summed E-state index contributed by atoms with van der Waals surface area (Å²) >= 11 is 7.93. The summed E-state index contributed by atoms with van der Waals surface area (Å²) in [6.45, 7) is 0.792. The first kappa shape index (κ1) is 15.1. The molecule has 1 aromatic heterocycles. The third-order valence-corrected chi connectivity index (χ3v) is 4.12. The van der Waals surface area contributed by atoms with E-state index < -0.39 is 0 Å². The molecule has 6 heteroatoms. The Morgan fingerprint density at radius 2 is 1.90 bits per heavy atom. The second kappa shape index (κ2) is 6.95. The van der Waals surface area contributed by atoms with Crippen molar-refractivity contribution in [2.45, 2.75) is 0 Å². The van der Waals surface area contributed by atoms with Crippen LogP contribution in [0.3, 0.4) is 0 Å². The van der Waals surface area contributed by atoms with Crippen LogP contribution in [0.15, 0.2) is 29.6 Å². The fourth-order valence-electron chi connectivity index (χ4n) is 2.14. The van der Waals surface area contributed by atoms with Crippen LogP contribution in [0, 0.1) is 0 Å². The van der Waals surface area contributed by atoms with Crippen molar-refractivity contribution in [2.75, 3.05) is 36.9 Å². The van der Waals surface area contributed by atoms with Crippen molar-refractivity contribution >= 4 is 34.3 Å². The predicted molar refractivity (Wildman–Crippen MR) is 85.6 cm³/mol. The Kier molecular flexibility index (Phi) is 5.25. The minimum atomic E-state index is -0.00934. The minimum absolute atomic E-state index is 0.00934. The Morgan fingerprint density at radius 3 is 2.45 bits per heavy atom. The Hall–Kier alpha value is -1.27. The molecular weight excluding hydrogens is 296 g/mol. The van der Waals surface area contributed by atoms with Gasteiger partial charge in [-0.25, -0.2) is 0 Å². The summed E-state index contributed by atoms with van der Waals surface area (Å²) in [7, 11) is 0. The molecule has 2 aromatic rings. The lowest BCUT2D eigenvalue weighted by molar-refractivity contribution is 0.281. The zero-order valence-electron chi connectivity index (χ0n) is 10.9. The minimum Gasteiger partial charge on any atom is -0.399 e. The van der Waals surface area contributed by atoms with Gasteiger partial charge in [-0.1, -0.05) is 17.7 Å². The van der Waals surface area contributed by atoms with Gasteiger partial charge in [0.1, 0.15) is 0 Å². The van der Waals surface area contributed by atoms with Gasteiger partial charge in [-0.15, -0.1) is 11.3 Å². The number of halogens is 1. The molecule has 0 saturated carbocycles. The van der Waals surface area contributed by atoms with E-state index in [-0.39, 0.29) is 13.2 Å². The zero-order chi connectivity index (χ0) is 14.5. The average molecular weight is 313 g/mol. The number of benzene rings is 1. The molecular formula is C14H17ClN2O2S. The van der Waals surface area contributed by atoms with Crippen LogP contribution in [0.4, 0.5) is 11.4 Å². The molecule has 0 radical (unpaired) electrons. The number of nitrogens with zero attached hydrogens (tertiary/aromatic N) is 1. The summed E-state index contributed by atoms with van der Waals surface area (Å²) < 4.78 is 0. The van der Waals surface area contributed by atoms with Gasteiger partial charge in [-0.3, -0.25) is 0 Å². The van der Waals surface area contributed by atoms with Crippen LogP contribution in [0.1, 0.15) is 0 Å². The van der Waals surface area contributed by atoms with E-state index in [1.807, 2.05) is 28.5 Å². The van der Waals surface area contributed by atoms with E-state index in [0.29, 0.717) is 23.8 Å². The highest BCUT2D eigenvalue weighted by Crippen LogP contribution is 2.40. The second-order valence-corrected chi connectivity index (χ2v) is 5.67. The first-order valence-electron chi connectivity index (χ1n) is 6.27. The molecule has 0 amide bonds. The molecule has 2 rings (SSSR count). The molecule has 1 heterocycles. The maximum Gasteiger partial charge on any atom is 0.0666 e. The largest absolute Gasteiger partial charge is 0.399 e. The first-order valence-corrected chi connectivity index (χ1v) is 7.52. The van der Waals surface area contributed by atoms with Gasteiger partial charge in [0.15, 0.2) is 0 Å². The summed E-state index contributed by atoms with van der Waals surface area (Å²) in [4.78, 5) is 2.92. The molecule has 20 heavy (non-hydrogen) atoms. The third kappa shape index (κ3) is 3.24. The van der Waals surface area contributed by atoms with Crippen molar-refractivity contribution in [3.63, 3.8) is 0 Å². The molecule has 0 unspecified atom stereocenters. The van der Waals surface area contributed by atoms with Crippen molar-refractivity contribution in [3.05, 3.63) is 34.7 Å². The van der Waals surface area contributed by atoms with Gasteiger partial charge in [0.25, 0.3) is 0 Å². The van der Waals surface area contributed by atoms with Crippen LogP contribution in [-0.4, -0.2) is 36.5 Å². The summed E-state index contributed by atoms with van der Waals surface area (Å²) in [6.07, 6.45) is 0. The quantitative estimate of drug-likeness (QED) is 0.717.